The van der Waals surface area contributed by atoms with Gasteiger partial charge in [0, 0.05) is 6.08 Å². The van der Waals surface area contributed by atoms with Crippen molar-refractivity contribution in [2.75, 3.05) is 0 Å². The van der Waals surface area contributed by atoms with Crippen molar-refractivity contribution in [3.05, 3.63) is 12.7 Å². The summed E-state index contributed by atoms with van der Waals surface area (Å²) in [6, 6.07) is -0.371. The molecule has 0 rings (SSSR count). The Balaban J connectivity index is 4.62. The van der Waals surface area contributed by atoms with Crippen molar-refractivity contribution in [1.29, 1.82) is 0 Å². The van der Waals surface area contributed by atoms with Gasteiger partial charge in [0.15, 0.2) is 0 Å². The van der Waals surface area contributed by atoms with Crippen LogP contribution in [0.1, 0.15) is 27.2 Å². The van der Waals surface area contributed by atoms with Crippen LogP contribution in [0.15, 0.2) is 17.6 Å². The van der Waals surface area contributed by atoms with Gasteiger partial charge in [-0.2, -0.15) is 4.99 Å². The number of carbonyl (C=O) groups excluding carboxylic acids is 2. The van der Waals surface area contributed by atoms with Crippen molar-refractivity contribution in [3.63, 3.8) is 0 Å². The molecule has 0 saturated carbocycles. The van der Waals surface area contributed by atoms with Gasteiger partial charge in [-0.3, -0.25) is 0 Å². The Hall–Kier alpha value is -1.41. The molecule has 0 aromatic carbocycles. The fourth-order valence-corrected chi connectivity index (χ4v) is 1.17. The fourth-order valence-electron chi connectivity index (χ4n) is 1.17. The Morgan fingerprint density at radius 1 is 1.71 bits per heavy atom. The van der Waals surface area contributed by atoms with Crippen molar-refractivity contribution in [2.45, 2.75) is 38.8 Å². The van der Waals surface area contributed by atoms with Gasteiger partial charge in [0.1, 0.15) is 11.6 Å². The SMILES string of the molecule is C=CC(=O)OC(C)(C)C(CC)N=C=O. The quantitative estimate of drug-likeness (QED) is 0.291. The summed E-state index contributed by atoms with van der Waals surface area (Å²) in [6.07, 6.45) is 3.16. The van der Waals surface area contributed by atoms with Gasteiger partial charge >= 0.3 is 5.97 Å². The number of hydrogen-bond acceptors (Lipinski definition) is 4. The van der Waals surface area contributed by atoms with Crippen LogP contribution in [-0.2, 0) is 14.3 Å². The molecule has 1 atom stereocenters. The molecule has 0 bridgehead atoms. The van der Waals surface area contributed by atoms with Crippen LogP contribution in [0.3, 0.4) is 0 Å². The first-order chi connectivity index (χ1) is 6.47. The molecular weight excluding hydrogens is 182 g/mol. The molecular formula is C10H15NO3. The van der Waals surface area contributed by atoms with Crippen LogP contribution in [0.25, 0.3) is 0 Å². The zero-order valence-corrected chi connectivity index (χ0v) is 8.74. The first-order valence-corrected chi connectivity index (χ1v) is 4.40. The Bertz CT molecular complexity index is 265. The number of esters is 1. The lowest BCUT2D eigenvalue weighted by molar-refractivity contribution is -0.152. The molecule has 4 nitrogen and oxygen atoms in total. The molecule has 0 spiro atoms. The standard InChI is InChI=1S/C10H15NO3/c1-5-8(11-7-12)10(3,4)14-9(13)6-2/h6,8H,2,5H2,1,3-4H3. The molecule has 0 aliphatic heterocycles. The van der Waals surface area contributed by atoms with Crippen molar-refractivity contribution in [2.24, 2.45) is 4.99 Å². The summed E-state index contributed by atoms with van der Waals surface area (Å²) in [7, 11) is 0. The molecule has 0 saturated heterocycles. The highest BCUT2D eigenvalue weighted by atomic mass is 16.6. The maximum atomic E-state index is 11.0. The number of nitrogens with zero attached hydrogens (tertiary/aromatic N) is 1. The van der Waals surface area contributed by atoms with E-state index in [-0.39, 0.29) is 6.04 Å². The van der Waals surface area contributed by atoms with Crippen molar-refractivity contribution < 1.29 is 14.3 Å². The molecule has 0 aromatic rings. The molecule has 0 aromatic heterocycles. The summed E-state index contributed by atoms with van der Waals surface area (Å²) in [5.74, 6) is -0.519. The first-order valence-electron chi connectivity index (χ1n) is 4.40. The number of isocyanates is 1. The van der Waals surface area contributed by atoms with Gasteiger partial charge in [0.05, 0.1) is 0 Å². The molecule has 0 aliphatic carbocycles. The minimum Gasteiger partial charge on any atom is -0.454 e. The van der Waals surface area contributed by atoms with Gasteiger partial charge in [-0.1, -0.05) is 13.5 Å². The second kappa shape index (κ2) is 5.35. The molecule has 78 valence electrons. The first kappa shape index (κ1) is 12.6. The molecule has 0 amide bonds. The van der Waals surface area contributed by atoms with Crippen LogP contribution >= 0.6 is 0 Å². The molecule has 1 unspecified atom stereocenters. The predicted octanol–water partition coefficient (Wildman–Crippen LogP) is 1.61. The van der Waals surface area contributed by atoms with E-state index in [0.717, 1.165) is 6.08 Å². The summed E-state index contributed by atoms with van der Waals surface area (Å²) in [5, 5.41) is 0. The van der Waals surface area contributed by atoms with E-state index in [4.69, 9.17) is 4.74 Å². The van der Waals surface area contributed by atoms with E-state index in [1.165, 1.54) is 6.08 Å². The Morgan fingerprint density at radius 2 is 2.29 bits per heavy atom. The zero-order chi connectivity index (χ0) is 11.2. The summed E-state index contributed by atoms with van der Waals surface area (Å²) in [6.45, 7) is 8.55. The molecule has 0 N–H and O–H groups in total. The summed E-state index contributed by atoms with van der Waals surface area (Å²) < 4.78 is 5.06. The van der Waals surface area contributed by atoms with Crippen molar-refractivity contribution in [3.8, 4) is 0 Å². The van der Waals surface area contributed by atoms with Crippen LogP contribution in [0, 0.1) is 0 Å². The minimum absolute atomic E-state index is 0.371. The number of ether oxygens (including phenoxy) is 1. The number of aliphatic imine (C=N–C) groups is 1. The Kier molecular flexibility index (Phi) is 4.81. The van der Waals surface area contributed by atoms with E-state index in [9.17, 15) is 9.59 Å². The largest absolute Gasteiger partial charge is 0.454 e. The van der Waals surface area contributed by atoms with Gasteiger partial charge in [-0.15, -0.1) is 0 Å². The van der Waals surface area contributed by atoms with Gasteiger partial charge < -0.3 is 4.74 Å². The highest BCUT2D eigenvalue weighted by Crippen LogP contribution is 2.20. The maximum Gasteiger partial charge on any atom is 0.330 e. The van der Waals surface area contributed by atoms with Crippen LogP contribution in [-0.4, -0.2) is 23.7 Å². The molecule has 0 fully saturated rings. The predicted molar refractivity (Wildman–Crippen MR) is 52.6 cm³/mol. The minimum atomic E-state index is -0.808. The van der Waals surface area contributed by atoms with Gasteiger partial charge in [0.25, 0.3) is 0 Å². The lowest BCUT2D eigenvalue weighted by atomic mass is 9.97. The van der Waals surface area contributed by atoms with Gasteiger partial charge in [-0.05, 0) is 20.3 Å². The van der Waals surface area contributed by atoms with E-state index >= 15 is 0 Å². The summed E-state index contributed by atoms with van der Waals surface area (Å²) in [5.41, 5.74) is -0.808. The second-order valence-electron chi connectivity index (χ2n) is 3.37. The zero-order valence-electron chi connectivity index (χ0n) is 8.74. The smallest absolute Gasteiger partial charge is 0.330 e. The molecule has 0 heterocycles. The van der Waals surface area contributed by atoms with Crippen LogP contribution < -0.4 is 0 Å². The van der Waals surface area contributed by atoms with E-state index < -0.39 is 11.6 Å². The normalized spacial score (nSPS) is 12.5. The van der Waals surface area contributed by atoms with Crippen LogP contribution in [0.5, 0.6) is 0 Å². The topological polar surface area (TPSA) is 55.7 Å². The lowest BCUT2D eigenvalue weighted by Crippen LogP contribution is -2.39. The van der Waals surface area contributed by atoms with E-state index in [2.05, 4.69) is 11.6 Å². The molecule has 0 radical (unpaired) electrons. The van der Waals surface area contributed by atoms with Gasteiger partial charge in [-0.25, -0.2) is 9.59 Å². The molecule has 0 aliphatic rings. The Labute approximate surface area is 83.7 Å². The summed E-state index contributed by atoms with van der Waals surface area (Å²) in [4.78, 5) is 24.7. The average Bonchev–Trinajstić information content (AvgIpc) is 2.12. The van der Waals surface area contributed by atoms with Gasteiger partial charge in [0.2, 0.25) is 6.08 Å². The monoisotopic (exact) mass is 197 g/mol. The van der Waals surface area contributed by atoms with Crippen molar-refractivity contribution >= 4 is 12.0 Å². The third kappa shape index (κ3) is 3.54. The van der Waals surface area contributed by atoms with E-state index in [1.807, 2.05) is 6.92 Å². The highest BCUT2D eigenvalue weighted by molar-refractivity contribution is 5.81. The number of rotatable bonds is 5. The van der Waals surface area contributed by atoms with Crippen LogP contribution in [0.4, 0.5) is 0 Å². The number of hydrogen-bond donors (Lipinski definition) is 0. The lowest BCUT2D eigenvalue weighted by Gasteiger charge is -2.29. The second-order valence-corrected chi connectivity index (χ2v) is 3.37. The third-order valence-corrected chi connectivity index (χ3v) is 1.93. The fraction of sp³-hybridized carbons (Fsp3) is 0.600. The van der Waals surface area contributed by atoms with Crippen molar-refractivity contribution in [1.82, 2.24) is 0 Å². The van der Waals surface area contributed by atoms with E-state index in [0.29, 0.717) is 6.42 Å². The molecule has 14 heavy (non-hydrogen) atoms. The molecule has 4 heteroatoms. The van der Waals surface area contributed by atoms with Crippen LogP contribution in [0.2, 0.25) is 0 Å². The maximum absolute atomic E-state index is 11.0. The highest BCUT2D eigenvalue weighted by Gasteiger charge is 2.31. The summed E-state index contributed by atoms with van der Waals surface area (Å²) >= 11 is 0. The average molecular weight is 197 g/mol. The Morgan fingerprint density at radius 3 is 2.64 bits per heavy atom. The van der Waals surface area contributed by atoms with E-state index in [1.54, 1.807) is 13.8 Å². The number of carbonyl (C=O) groups is 1. The third-order valence-electron chi connectivity index (χ3n) is 1.93.